The van der Waals surface area contributed by atoms with Crippen molar-refractivity contribution in [3.05, 3.63) is 47.8 Å². The summed E-state index contributed by atoms with van der Waals surface area (Å²) in [5.74, 6) is 2.51. The molecule has 88 valence electrons. The zero-order valence-corrected chi connectivity index (χ0v) is 8.52. The number of aromatic nitrogens is 2. The van der Waals surface area contributed by atoms with Gasteiger partial charge in [0.1, 0.15) is 5.69 Å². The van der Waals surface area contributed by atoms with Crippen LogP contribution in [0.1, 0.15) is 10.5 Å². The van der Waals surface area contributed by atoms with Crippen LogP contribution in [0.4, 0.5) is 14.5 Å². The predicted octanol–water partition coefficient (Wildman–Crippen LogP) is 1.13. The van der Waals surface area contributed by atoms with Gasteiger partial charge in [-0.1, -0.05) is 6.07 Å². The van der Waals surface area contributed by atoms with Crippen LogP contribution in [0.15, 0.2) is 30.5 Å². The summed E-state index contributed by atoms with van der Waals surface area (Å²) < 4.78 is 26.1. The molecule has 1 aromatic heterocycles. The van der Waals surface area contributed by atoms with Gasteiger partial charge in [-0.3, -0.25) is 4.79 Å². The Kier molecular flexibility index (Phi) is 2.73. The summed E-state index contributed by atoms with van der Waals surface area (Å²) in [5, 5.41) is 5.78. The number of amides is 1. The van der Waals surface area contributed by atoms with Crippen molar-refractivity contribution in [2.75, 3.05) is 11.2 Å². The number of hydrogen-bond donors (Lipinski definition) is 2. The zero-order chi connectivity index (χ0) is 12.4. The topological polar surface area (TPSA) is 72.9 Å². The second-order valence-electron chi connectivity index (χ2n) is 3.22. The van der Waals surface area contributed by atoms with E-state index in [9.17, 15) is 13.6 Å². The standard InChI is InChI=1S/C10H8F2N4O/c11-6-2-1-3-7(9(6)12)15-10(17)8-4-5-14-16(8)13/h1-5H,13H2,(H,15,17). The molecule has 3 N–H and O–H groups in total. The molecule has 0 aliphatic carbocycles. The van der Waals surface area contributed by atoms with Gasteiger partial charge < -0.3 is 11.2 Å². The van der Waals surface area contributed by atoms with Crippen LogP contribution in [0.2, 0.25) is 0 Å². The van der Waals surface area contributed by atoms with Crippen LogP contribution >= 0.6 is 0 Å². The average molecular weight is 238 g/mol. The van der Waals surface area contributed by atoms with Crippen molar-refractivity contribution >= 4 is 11.6 Å². The first-order valence-corrected chi connectivity index (χ1v) is 4.64. The SMILES string of the molecule is Nn1nccc1C(=O)Nc1cccc(F)c1F. The molecule has 1 aromatic carbocycles. The molecule has 0 spiro atoms. The molecule has 17 heavy (non-hydrogen) atoms. The number of nitrogens with one attached hydrogen (secondary N) is 1. The van der Waals surface area contributed by atoms with Crippen molar-refractivity contribution < 1.29 is 13.6 Å². The van der Waals surface area contributed by atoms with Crippen molar-refractivity contribution in [2.24, 2.45) is 0 Å². The molecule has 0 unspecified atom stereocenters. The van der Waals surface area contributed by atoms with Crippen LogP contribution in [0.5, 0.6) is 0 Å². The molecule has 0 aliphatic rings. The average Bonchev–Trinajstić information content (AvgIpc) is 2.71. The normalized spacial score (nSPS) is 10.2. The minimum absolute atomic E-state index is 0.0358. The van der Waals surface area contributed by atoms with E-state index in [0.717, 1.165) is 10.9 Å². The van der Waals surface area contributed by atoms with Crippen LogP contribution in [0.3, 0.4) is 0 Å². The van der Waals surface area contributed by atoms with E-state index in [-0.39, 0.29) is 11.4 Å². The van der Waals surface area contributed by atoms with Gasteiger partial charge in [-0.15, -0.1) is 0 Å². The fraction of sp³-hybridized carbons (Fsp3) is 0. The van der Waals surface area contributed by atoms with Crippen LogP contribution in [0, 0.1) is 11.6 Å². The Morgan fingerprint density at radius 2 is 2.12 bits per heavy atom. The molecule has 0 aliphatic heterocycles. The van der Waals surface area contributed by atoms with Crippen LogP contribution in [-0.4, -0.2) is 15.8 Å². The predicted molar refractivity (Wildman–Crippen MR) is 56.7 cm³/mol. The molecule has 0 atom stereocenters. The second-order valence-corrected chi connectivity index (χ2v) is 3.22. The van der Waals surface area contributed by atoms with Gasteiger partial charge in [-0.05, 0) is 18.2 Å². The summed E-state index contributed by atoms with van der Waals surface area (Å²) >= 11 is 0. The Labute approximate surface area is 94.8 Å². The summed E-state index contributed by atoms with van der Waals surface area (Å²) in [6.07, 6.45) is 1.32. The summed E-state index contributed by atoms with van der Waals surface area (Å²) in [6, 6.07) is 4.84. The lowest BCUT2D eigenvalue weighted by atomic mass is 10.3. The molecule has 7 heteroatoms. The van der Waals surface area contributed by atoms with E-state index < -0.39 is 17.5 Å². The minimum atomic E-state index is -1.12. The number of benzene rings is 1. The molecule has 1 heterocycles. The molecular formula is C10H8F2N4O. The Balaban J connectivity index is 2.25. The lowest BCUT2D eigenvalue weighted by Crippen LogP contribution is -2.22. The van der Waals surface area contributed by atoms with Gasteiger partial charge in [0.15, 0.2) is 11.6 Å². The summed E-state index contributed by atoms with van der Waals surface area (Å²) in [7, 11) is 0. The highest BCUT2D eigenvalue weighted by molar-refractivity contribution is 6.03. The molecule has 5 nitrogen and oxygen atoms in total. The minimum Gasteiger partial charge on any atom is -0.322 e. The fourth-order valence-electron chi connectivity index (χ4n) is 1.28. The van der Waals surface area contributed by atoms with E-state index in [2.05, 4.69) is 10.4 Å². The first-order valence-electron chi connectivity index (χ1n) is 4.64. The number of nitrogens with two attached hydrogens (primary N) is 1. The van der Waals surface area contributed by atoms with E-state index in [4.69, 9.17) is 5.84 Å². The monoisotopic (exact) mass is 238 g/mol. The van der Waals surface area contributed by atoms with Crippen LogP contribution < -0.4 is 11.2 Å². The maximum absolute atomic E-state index is 13.3. The summed E-state index contributed by atoms with van der Waals surface area (Å²) in [5.41, 5.74) is -0.218. The van der Waals surface area contributed by atoms with E-state index in [1.165, 1.54) is 24.4 Å². The molecule has 0 saturated carbocycles. The van der Waals surface area contributed by atoms with E-state index in [1.54, 1.807) is 0 Å². The lowest BCUT2D eigenvalue weighted by Gasteiger charge is -2.06. The first kappa shape index (κ1) is 11.1. The van der Waals surface area contributed by atoms with E-state index in [0.29, 0.717) is 0 Å². The second kappa shape index (κ2) is 4.20. The van der Waals surface area contributed by atoms with Crippen LogP contribution in [0.25, 0.3) is 0 Å². The molecule has 2 rings (SSSR count). The zero-order valence-electron chi connectivity index (χ0n) is 8.52. The van der Waals surface area contributed by atoms with Crippen molar-refractivity contribution in [3.63, 3.8) is 0 Å². The highest BCUT2D eigenvalue weighted by Crippen LogP contribution is 2.17. The van der Waals surface area contributed by atoms with Gasteiger partial charge >= 0.3 is 0 Å². The molecule has 1 amide bonds. The maximum atomic E-state index is 13.3. The number of anilines is 1. The molecule has 0 saturated heterocycles. The largest absolute Gasteiger partial charge is 0.322 e. The van der Waals surface area contributed by atoms with Gasteiger partial charge in [0, 0.05) is 0 Å². The van der Waals surface area contributed by atoms with Gasteiger partial charge in [0.25, 0.3) is 5.91 Å². The number of halogens is 2. The molecule has 0 radical (unpaired) electrons. The quantitative estimate of drug-likeness (QED) is 0.770. The number of nitrogen functional groups attached to an aromatic ring is 1. The Morgan fingerprint density at radius 1 is 1.35 bits per heavy atom. The molecule has 0 fully saturated rings. The molecule has 0 bridgehead atoms. The van der Waals surface area contributed by atoms with Crippen molar-refractivity contribution in [2.45, 2.75) is 0 Å². The number of rotatable bonds is 2. The van der Waals surface area contributed by atoms with E-state index >= 15 is 0 Å². The van der Waals surface area contributed by atoms with Crippen molar-refractivity contribution in [1.29, 1.82) is 0 Å². The third-order valence-electron chi connectivity index (χ3n) is 2.10. The third kappa shape index (κ3) is 2.07. The van der Waals surface area contributed by atoms with Gasteiger partial charge in [-0.25, -0.2) is 8.78 Å². The van der Waals surface area contributed by atoms with E-state index in [1.807, 2.05) is 0 Å². The molecule has 2 aromatic rings. The highest BCUT2D eigenvalue weighted by atomic mass is 19.2. The summed E-state index contributed by atoms with van der Waals surface area (Å²) in [4.78, 5) is 12.5. The highest BCUT2D eigenvalue weighted by Gasteiger charge is 2.14. The summed E-state index contributed by atoms with van der Waals surface area (Å²) in [6.45, 7) is 0. The van der Waals surface area contributed by atoms with Gasteiger partial charge in [0.2, 0.25) is 0 Å². The Morgan fingerprint density at radius 3 is 2.76 bits per heavy atom. The molecular weight excluding hydrogens is 230 g/mol. The Hall–Kier alpha value is -2.44. The first-order chi connectivity index (χ1) is 8.09. The van der Waals surface area contributed by atoms with Crippen LogP contribution in [-0.2, 0) is 0 Å². The lowest BCUT2D eigenvalue weighted by molar-refractivity contribution is 0.101. The van der Waals surface area contributed by atoms with Crippen molar-refractivity contribution in [1.82, 2.24) is 9.89 Å². The number of hydrogen-bond acceptors (Lipinski definition) is 3. The fourth-order valence-corrected chi connectivity index (χ4v) is 1.28. The van der Waals surface area contributed by atoms with Crippen molar-refractivity contribution in [3.8, 4) is 0 Å². The smallest absolute Gasteiger partial charge is 0.276 e. The number of carbonyl (C=O) groups is 1. The number of nitrogens with zero attached hydrogens (tertiary/aromatic N) is 2. The third-order valence-corrected chi connectivity index (χ3v) is 2.10. The van der Waals surface area contributed by atoms with Gasteiger partial charge in [-0.2, -0.15) is 9.89 Å². The maximum Gasteiger partial charge on any atom is 0.276 e. The number of carbonyl (C=O) groups excluding carboxylic acids is 1. The van der Waals surface area contributed by atoms with Gasteiger partial charge in [0.05, 0.1) is 11.9 Å². The Bertz CT molecular complexity index is 567.